The molecule has 0 radical (unpaired) electrons. The zero-order chi connectivity index (χ0) is 23.9. The van der Waals surface area contributed by atoms with Gasteiger partial charge in [0.05, 0.1) is 29.8 Å². The van der Waals surface area contributed by atoms with Crippen LogP contribution < -0.4 is 10.2 Å². The van der Waals surface area contributed by atoms with Gasteiger partial charge in [0.2, 0.25) is 11.7 Å². The van der Waals surface area contributed by atoms with Crippen LogP contribution in [0.4, 0.5) is 24.5 Å². The number of pyridine rings is 1. The van der Waals surface area contributed by atoms with Crippen LogP contribution in [0.1, 0.15) is 42.3 Å². The highest BCUT2D eigenvalue weighted by molar-refractivity contribution is 7.59. The summed E-state index contributed by atoms with van der Waals surface area (Å²) < 4.78 is 44.5. The molecule has 3 aromatic rings. The lowest BCUT2D eigenvalue weighted by Gasteiger charge is -2.38. The number of rotatable bonds is 6. The summed E-state index contributed by atoms with van der Waals surface area (Å²) in [5.41, 5.74) is 4.29. The van der Waals surface area contributed by atoms with Crippen molar-refractivity contribution in [2.45, 2.75) is 52.4 Å². The number of aromatic nitrogens is 3. The molecule has 4 heterocycles. The maximum absolute atomic E-state index is 12.7. The van der Waals surface area contributed by atoms with Crippen molar-refractivity contribution >= 4 is 30.8 Å². The first-order valence-corrected chi connectivity index (χ1v) is 10.7. The Hall–Kier alpha value is -2.95. The quantitative estimate of drug-likeness (QED) is 0.543. The molecule has 1 N–H and O–H groups in total. The van der Waals surface area contributed by atoms with Gasteiger partial charge in [-0.1, -0.05) is 13.8 Å². The van der Waals surface area contributed by atoms with Gasteiger partial charge in [-0.2, -0.15) is 31.8 Å². The van der Waals surface area contributed by atoms with Crippen molar-refractivity contribution in [2.75, 3.05) is 17.3 Å². The number of amides is 1. The van der Waals surface area contributed by atoms with Gasteiger partial charge in [0, 0.05) is 18.9 Å². The van der Waals surface area contributed by atoms with Crippen LogP contribution in [0.25, 0.3) is 0 Å². The molecule has 1 amide bonds. The first-order chi connectivity index (χ1) is 15.5. The van der Waals surface area contributed by atoms with Gasteiger partial charge in [-0.25, -0.2) is 0 Å². The van der Waals surface area contributed by atoms with Crippen LogP contribution >= 0.6 is 13.5 Å². The average molecular weight is 496 g/mol. The summed E-state index contributed by atoms with van der Waals surface area (Å²) in [6.45, 7) is 6.03. The molecular formula is C23H28F3N5O2S. The number of carbonyl (C=O) groups is 1. The number of hydrogen-bond acceptors (Lipinski definition) is 5. The third-order valence-corrected chi connectivity index (χ3v) is 5.79. The Bertz CT molecular complexity index is 1170. The van der Waals surface area contributed by atoms with E-state index in [1.807, 2.05) is 38.8 Å². The van der Waals surface area contributed by atoms with Gasteiger partial charge in [0.25, 0.3) is 0 Å². The number of likely N-dealkylation sites (N-methyl/N-ethyl adjacent to an activating group) is 1. The number of halogens is 3. The lowest BCUT2D eigenvalue weighted by molar-refractivity contribution is -0.153. The van der Waals surface area contributed by atoms with Crippen LogP contribution in [0.5, 0.6) is 0 Å². The Kier molecular flexibility index (Phi) is 7.35. The highest BCUT2D eigenvalue weighted by Gasteiger charge is 2.35. The van der Waals surface area contributed by atoms with E-state index in [-0.39, 0.29) is 43.7 Å². The molecule has 0 saturated heterocycles. The Balaban J connectivity index is 0.00000324. The normalized spacial score (nSPS) is 15.8. The number of fused-ring (bicyclic) bond motifs is 1. The molecule has 0 spiro atoms. The van der Waals surface area contributed by atoms with Crippen molar-refractivity contribution in [1.82, 2.24) is 14.8 Å². The van der Waals surface area contributed by atoms with Gasteiger partial charge >= 0.3 is 6.18 Å². The second-order valence-electron chi connectivity index (χ2n) is 8.69. The highest BCUT2D eigenvalue weighted by Crippen LogP contribution is 2.35. The van der Waals surface area contributed by atoms with E-state index in [4.69, 9.17) is 4.42 Å². The predicted molar refractivity (Wildman–Crippen MR) is 127 cm³/mol. The standard InChI is InChI=1S/C23H26F3N5O2.H2S/c1-13(2)21-22(32)29-20-14(3)28-16(9-18(20)30(21)4)6-5-15-10-27-31(11-15)12-17-7-8-19(33-17)23(24,25)26;/h7-11,13,21H,5-6,12H2,1-4H3,(H,29,32);1H2/t21-;/m0./s1. The Morgan fingerprint density at radius 3 is 2.62 bits per heavy atom. The fourth-order valence-electron chi connectivity index (χ4n) is 4.22. The van der Waals surface area contributed by atoms with Gasteiger partial charge in [0.15, 0.2) is 0 Å². The summed E-state index contributed by atoms with van der Waals surface area (Å²) in [5, 5.41) is 7.22. The first-order valence-electron chi connectivity index (χ1n) is 10.7. The fourth-order valence-corrected chi connectivity index (χ4v) is 4.22. The van der Waals surface area contributed by atoms with Crippen LogP contribution in [0, 0.1) is 12.8 Å². The molecule has 1 aliphatic rings. The fraction of sp³-hybridized carbons (Fsp3) is 0.435. The monoisotopic (exact) mass is 495 g/mol. The summed E-state index contributed by atoms with van der Waals surface area (Å²) in [6.07, 6.45) is 0.315. The third kappa shape index (κ3) is 5.24. The predicted octanol–water partition coefficient (Wildman–Crippen LogP) is 4.56. The molecule has 3 aromatic heterocycles. The second kappa shape index (κ2) is 9.73. The smallest absolute Gasteiger partial charge is 0.449 e. The van der Waals surface area contributed by atoms with Crippen molar-refractivity contribution in [3.8, 4) is 0 Å². The summed E-state index contributed by atoms with van der Waals surface area (Å²) in [5.74, 6) is -0.690. The van der Waals surface area contributed by atoms with Crippen molar-refractivity contribution in [1.29, 1.82) is 0 Å². The number of anilines is 2. The van der Waals surface area contributed by atoms with Crippen LogP contribution in [0.15, 0.2) is 35.0 Å². The first kappa shape index (κ1) is 25.7. The largest absolute Gasteiger partial charge is 0.455 e. The van der Waals surface area contributed by atoms with Gasteiger partial charge in [-0.05, 0) is 49.4 Å². The number of alkyl halides is 3. The van der Waals surface area contributed by atoms with E-state index in [9.17, 15) is 18.0 Å². The molecule has 0 aromatic carbocycles. The number of aryl methyl sites for hydroxylation is 3. The van der Waals surface area contributed by atoms with Crippen molar-refractivity contribution in [3.63, 3.8) is 0 Å². The van der Waals surface area contributed by atoms with Gasteiger partial charge in [-0.3, -0.25) is 14.5 Å². The molecule has 0 fully saturated rings. The zero-order valence-corrected chi connectivity index (χ0v) is 20.4. The van der Waals surface area contributed by atoms with E-state index in [0.717, 1.165) is 34.4 Å². The van der Waals surface area contributed by atoms with E-state index in [1.165, 1.54) is 6.07 Å². The number of hydrogen-bond donors (Lipinski definition) is 1. The zero-order valence-electron chi connectivity index (χ0n) is 19.4. The summed E-state index contributed by atoms with van der Waals surface area (Å²) in [4.78, 5) is 19.1. The topological polar surface area (TPSA) is 76.2 Å². The van der Waals surface area contributed by atoms with Gasteiger partial charge in [0.1, 0.15) is 11.8 Å². The molecule has 184 valence electrons. The molecule has 0 bridgehead atoms. The summed E-state index contributed by atoms with van der Waals surface area (Å²) in [7, 11) is 1.92. The molecule has 0 aliphatic carbocycles. The average Bonchev–Trinajstić information content (AvgIpc) is 3.37. The summed E-state index contributed by atoms with van der Waals surface area (Å²) in [6, 6.07) is 3.99. The molecule has 0 saturated carbocycles. The number of furan rings is 1. The van der Waals surface area contributed by atoms with Crippen molar-refractivity contribution < 1.29 is 22.4 Å². The molecule has 7 nitrogen and oxygen atoms in total. The van der Waals surface area contributed by atoms with Crippen LogP contribution in [0.3, 0.4) is 0 Å². The van der Waals surface area contributed by atoms with E-state index >= 15 is 0 Å². The Labute approximate surface area is 202 Å². The maximum Gasteiger partial charge on any atom is 0.449 e. The van der Waals surface area contributed by atoms with Crippen LogP contribution in [0.2, 0.25) is 0 Å². The molecule has 11 heteroatoms. The van der Waals surface area contributed by atoms with Gasteiger partial charge < -0.3 is 14.6 Å². The minimum atomic E-state index is -4.50. The van der Waals surface area contributed by atoms with Crippen molar-refractivity contribution in [2.24, 2.45) is 5.92 Å². The van der Waals surface area contributed by atoms with Crippen molar-refractivity contribution in [3.05, 3.63) is 59.1 Å². The van der Waals surface area contributed by atoms with Crippen LogP contribution in [-0.4, -0.2) is 33.8 Å². The molecule has 4 rings (SSSR count). The molecular weight excluding hydrogens is 467 g/mol. The minimum Gasteiger partial charge on any atom is -0.455 e. The SMILES string of the molecule is Cc1nc(CCc2cnn(Cc3ccc(C(F)(F)F)o3)c2)cc2c1NC(=O)[C@H](C(C)C)N2C.S. The van der Waals surface area contributed by atoms with E-state index in [0.29, 0.717) is 12.8 Å². The maximum atomic E-state index is 12.7. The van der Waals surface area contributed by atoms with E-state index in [1.54, 1.807) is 17.1 Å². The number of nitrogens with zero attached hydrogens (tertiary/aromatic N) is 4. The second-order valence-corrected chi connectivity index (χ2v) is 8.69. The third-order valence-electron chi connectivity index (χ3n) is 5.79. The lowest BCUT2D eigenvalue weighted by atomic mass is 9.97. The van der Waals surface area contributed by atoms with E-state index < -0.39 is 11.9 Å². The minimum absolute atomic E-state index is 0. The number of nitrogens with one attached hydrogen (secondary N) is 1. The summed E-state index contributed by atoms with van der Waals surface area (Å²) >= 11 is 0. The highest BCUT2D eigenvalue weighted by atomic mass is 32.1. The molecule has 1 atom stereocenters. The molecule has 1 aliphatic heterocycles. The molecule has 34 heavy (non-hydrogen) atoms. The van der Waals surface area contributed by atoms with Crippen LogP contribution in [-0.2, 0) is 30.4 Å². The number of carbonyl (C=O) groups excluding carboxylic acids is 1. The lowest BCUT2D eigenvalue weighted by Crippen LogP contribution is -2.49. The Morgan fingerprint density at radius 1 is 1.24 bits per heavy atom. The Morgan fingerprint density at radius 2 is 1.97 bits per heavy atom. The van der Waals surface area contributed by atoms with E-state index in [2.05, 4.69) is 15.4 Å². The molecule has 0 unspecified atom stereocenters. The van der Waals surface area contributed by atoms with Gasteiger partial charge in [-0.15, -0.1) is 0 Å².